The van der Waals surface area contributed by atoms with Gasteiger partial charge in [0.2, 0.25) is 5.36 Å². The summed E-state index contributed by atoms with van der Waals surface area (Å²) in [6.07, 6.45) is 3.51. The zero-order valence-corrected chi connectivity index (χ0v) is 26.7. The van der Waals surface area contributed by atoms with E-state index in [0.717, 1.165) is 76.2 Å². The number of pyridine rings is 1. The van der Waals surface area contributed by atoms with Gasteiger partial charge in [0.25, 0.3) is 5.91 Å². The highest BCUT2D eigenvalue weighted by Gasteiger charge is 2.24. The number of anilines is 1. The van der Waals surface area contributed by atoms with E-state index in [2.05, 4.69) is 84.6 Å². The molecule has 1 aliphatic heterocycles. The first-order valence-corrected chi connectivity index (χ1v) is 15.6. The first-order valence-electron chi connectivity index (χ1n) is 15.6. The molecule has 0 spiro atoms. The number of benzene rings is 3. The minimum Gasteiger partial charge on any atom is -0.456 e. The minimum atomic E-state index is -0.0287. The van der Waals surface area contributed by atoms with Crippen molar-refractivity contribution in [1.29, 1.82) is 0 Å². The van der Waals surface area contributed by atoms with Gasteiger partial charge in [-0.05, 0) is 75.2 Å². The lowest BCUT2D eigenvalue weighted by atomic mass is 9.90. The Kier molecular flexibility index (Phi) is 10.7. The van der Waals surface area contributed by atoms with Gasteiger partial charge in [0.15, 0.2) is 0 Å². The predicted molar refractivity (Wildman–Crippen MR) is 180 cm³/mol. The molecular weight excluding hydrogens is 532 g/mol. The third-order valence-corrected chi connectivity index (χ3v) is 7.89. The van der Waals surface area contributed by atoms with E-state index < -0.39 is 0 Å². The lowest BCUT2D eigenvalue weighted by Crippen LogP contribution is -2.29. The maximum absolute atomic E-state index is 13.9. The summed E-state index contributed by atoms with van der Waals surface area (Å²) in [6.45, 7) is 16.8. The molecule has 1 amide bonds. The summed E-state index contributed by atoms with van der Waals surface area (Å²) in [5.41, 5.74) is 6.53. The van der Waals surface area contributed by atoms with E-state index in [9.17, 15) is 4.79 Å². The highest BCUT2D eigenvalue weighted by molar-refractivity contribution is 6.09. The van der Waals surface area contributed by atoms with Crippen LogP contribution in [0.4, 0.5) is 5.69 Å². The minimum absolute atomic E-state index is 0.0287. The number of rotatable bonds is 9. The van der Waals surface area contributed by atoms with E-state index in [1.54, 1.807) is 17.3 Å². The monoisotopic (exact) mass is 577 g/mol. The molecule has 43 heavy (non-hydrogen) atoms. The Morgan fingerprint density at radius 1 is 0.837 bits per heavy atom. The van der Waals surface area contributed by atoms with Gasteiger partial charge in [-0.3, -0.25) is 9.78 Å². The molecule has 2 aromatic carbocycles. The summed E-state index contributed by atoms with van der Waals surface area (Å²) >= 11 is 0. The number of amides is 1. The molecule has 3 aromatic rings. The van der Waals surface area contributed by atoms with Gasteiger partial charge in [-0.2, -0.15) is 0 Å². The Morgan fingerprint density at radius 3 is 2.21 bits per heavy atom. The third kappa shape index (κ3) is 6.64. The molecule has 0 atom stereocenters. The standard InChI is InChI=1S/C35H39N4O2.C2H6/c1-6-38(7-2)26-14-16-30-32(22-26)41-33-23-27(39(8-3)9-4)15-17-31(33)34(30)28-12-10-11-13-29(28)35(40)37(5)24-25-18-20-36-21-19-25;1-2/h10-23H,6-9,24H2,1-5H3;1-2H3/q+1;. The maximum atomic E-state index is 13.9. The molecule has 1 aliphatic carbocycles. The Labute approximate surface area is 256 Å². The smallest absolute Gasteiger partial charge is 0.254 e. The number of carbonyl (C=O) groups excluding carboxylic acids is 1. The van der Waals surface area contributed by atoms with E-state index in [1.807, 2.05) is 51.2 Å². The SMILES string of the molecule is CC.CCN(CC)c1ccc2c(-c3ccccc3C(=O)N(C)Cc3ccncc3)c3ccc(=[N+](CC)CC)cc-3oc2c1. The van der Waals surface area contributed by atoms with Crippen molar-refractivity contribution in [3.05, 3.63) is 102 Å². The third-order valence-electron chi connectivity index (χ3n) is 7.89. The van der Waals surface area contributed by atoms with Crippen LogP contribution in [-0.2, 0) is 6.54 Å². The summed E-state index contributed by atoms with van der Waals surface area (Å²) in [6, 6.07) is 24.7. The van der Waals surface area contributed by atoms with Crippen molar-refractivity contribution in [3.8, 4) is 22.5 Å². The number of hydrogen-bond donors (Lipinski definition) is 0. The zero-order valence-electron chi connectivity index (χ0n) is 26.7. The van der Waals surface area contributed by atoms with Crippen LogP contribution in [0.1, 0.15) is 57.5 Å². The van der Waals surface area contributed by atoms with Crippen LogP contribution >= 0.6 is 0 Å². The van der Waals surface area contributed by atoms with E-state index in [1.165, 1.54) is 0 Å². The van der Waals surface area contributed by atoms with Crippen LogP contribution < -0.4 is 14.8 Å². The topological polar surface area (TPSA) is 52.6 Å². The van der Waals surface area contributed by atoms with Crippen molar-refractivity contribution in [2.24, 2.45) is 0 Å². The second kappa shape index (κ2) is 14.6. The van der Waals surface area contributed by atoms with E-state index >= 15 is 0 Å². The predicted octanol–water partition coefficient (Wildman–Crippen LogP) is 7.56. The summed E-state index contributed by atoms with van der Waals surface area (Å²) in [5.74, 6) is 0.778. The van der Waals surface area contributed by atoms with Crippen LogP contribution in [0.15, 0.2) is 89.6 Å². The lowest BCUT2D eigenvalue weighted by Gasteiger charge is -2.23. The quantitative estimate of drug-likeness (QED) is 0.134. The second-order valence-corrected chi connectivity index (χ2v) is 10.2. The average molecular weight is 578 g/mol. The molecule has 6 heteroatoms. The molecule has 0 unspecified atom stereocenters. The number of nitrogens with zero attached hydrogens (tertiary/aromatic N) is 4. The molecular formula is C37H45N4O2+. The summed E-state index contributed by atoms with van der Waals surface area (Å²) < 4.78 is 8.96. The molecule has 0 saturated carbocycles. The number of fused-ring (bicyclic) bond motifs is 2. The number of hydrogen-bond acceptors (Lipinski definition) is 4. The maximum Gasteiger partial charge on any atom is 0.254 e. The first kappa shape index (κ1) is 31.5. The Bertz CT molecular complexity index is 1700. The number of aromatic nitrogens is 1. The fraction of sp³-hybridized carbons (Fsp3) is 0.324. The van der Waals surface area contributed by atoms with Gasteiger partial charge < -0.3 is 14.2 Å². The largest absolute Gasteiger partial charge is 0.456 e. The van der Waals surface area contributed by atoms with Crippen LogP contribution in [0.25, 0.3) is 33.4 Å². The van der Waals surface area contributed by atoms with E-state index in [4.69, 9.17) is 4.42 Å². The van der Waals surface area contributed by atoms with Gasteiger partial charge in [-0.25, -0.2) is 4.58 Å². The van der Waals surface area contributed by atoms with Crippen molar-refractivity contribution in [3.63, 3.8) is 0 Å². The number of carbonyl (C=O) groups is 1. The average Bonchev–Trinajstić information content (AvgIpc) is 3.05. The van der Waals surface area contributed by atoms with Gasteiger partial charge in [0, 0.05) is 79.0 Å². The lowest BCUT2D eigenvalue weighted by molar-refractivity contribution is 0.0786. The molecule has 5 rings (SSSR count). The van der Waals surface area contributed by atoms with Gasteiger partial charge in [0.05, 0.1) is 6.07 Å². The molecule has 2 heterocycles. The first-order chi connectivity index (χ1) is 21.0. The Morgan fingerprint density at radius 2 is 1.53 bits per heavy atom. The molecule has 6 nitrogen and oxygen atoms in total. The highest BCUT2D eigenvalue weighted by Crippen LogP contribution is 2.42. The Balaban J connectivity index is 0.00000207. The fourth-order valence-corrected chi connectivity index (χ4v) is 5.66. The van der Waals surface area contributed by atoms with Crippen molar-refractivity contribution >= 4 is 22.6 Å². The molecule has 0 bridgehead atoms. The van der Waals surface area contributed by atoms with Gasteiger partial charge in [-0.15, -0.1) is 0 Å². The van der Waals surface area contributed by atoms with Crippen LogP contribution in [0.3, 0.4) is 0 Å². The van der Waals surface area contributed by atoms with Gasteiger partial charge >= 0.3 is 0 Å². The molecule has 1 aromatic heterocycles. The molecule has 2 aliphatic rings. The molecule has 224 valence electrons. The zero-order chi connectivity index (χ0) is 30.9. The normalized spacial score (nSPS) is 10.8. The van der Waals surface area contributed by atoms with Gasteiger partial charge in [-0.1, -0.05) is 32.0 Å². The highest BCUT2D eigenvalue weighted by atomic mass is 16.3. The summed E-state index contributed by atoms with van der Waals surface area (Å²) in [7, 11) is 1.85. The van der Waals surface area contributed by atoms with Crippen LogP contribution in [0, 0.1) is 0 Å². The fourth-order valence-electron chi connectivity index (χ4n) is 5.66. The van der Waals surface area contributed by atoms with Crippen LogP contribution in [-0.4, -0.2) is 49.0 Å². The van der Waals surface area contributed by atoms with Gasteiger partial charge in [0.1, 0.15) is 24.4 Å². The van der Waals surface area contributed by atoms with E-state index in [-0.39, 0.29) is 5.91 Å². The molecule has 0 saturated heterocycles. The van der Waals surface area contributed by atoms with E-state index in [0.29, 0.717) is 12.1 Å². The van der Waals surface area contributed by atoms with Crippen molar-refractivity contribution in [1.82, 2.24) is 14.5 Å². The second-order valence-electron chi connectivity index (χ2n) is 10.2. The molecule has 0 N–H and O–H groups in total. The molecule has 0 fully saturated rings. The summed E-state index contributed by atoms with van der Waals surface area (Å²) in [5, 5.41) is 2.11. The van der Waals surface area contributed by atoms with Crippen molar-refractivity contribution in [2.45, 2.75) is 48.1 Å². The summed E-state index contributed by atoms with van der Waals surface area (Å²) in [4.78, 5) is 22.1. The van der Waals surface area contributed by atoms with Crippen LogP contribution in [0.5, 0.6) is 0 Å². The Hall–Kier alpha value is -4.45. The van der Waals surface area contributed by atoms with Crippen LogP contribution in [0.2, 0.25) is 0 Å². The van der Waals surface area contributed by atoms with Crippen molar-refractivity contribution in [2.75, 3.05) is 38.1 Å². The van der Waals surface area contributed by atoms with Crippen molar-refractivity contribution < 1.29 is 9.21 Å². The molecule has 0 radical (unpaired) electrons.